The summed E-state index contributed by atoms with van der Waals surface area (Å²) in [5, 5.41) is 11.1. The fourth-order valence-corrected chi connectivity index (χ4v) is 1.41. The predicted octanol–water partition coefficient (Wildman–Crippen LogP) is 0.470. The second-order valence-electron chi connectivity index (χ2n) is 3.91. The van der Waals surface area contributed by atoms with Gasteiger partial charge in [-0.05, 0) is 19.1 Å². The average Bonchev–Trinajstić information content (AvgIpc) is 2.92. The van der Waals surface area contributed by atoms with Gasteiger partial charge in [0, 0.05) is 18.6 Å². The molecule has 2 N–H and O–H groups in total. The average molecular weight is 260 g/mol. The number of aromatic nitrogens is 3. The van der Waals surface area contributed by atoms with Crippen LogP contribution in [0.3, 0.4) is 0 Å². The van der Waals surface area contributed by atoms with E-state index >= 15 is 0 Å². The van der Waals surface area contributed by atoms with E-state index in [0.29, 0.717) is 11.4 Å². The molecular weight excluding hydrogens is 248 g/mol. The fraction of sp³-hybridized carbons (Fsp3) is 0.167. The molecule has 7 heteroatoms. The third-order valence-corrected chi connectivity index (χ3v) is 2.50. The molecule has 0 aliphatic heterocycles. The van der Waals surface area contributed by atoms with Crippen LogP contribution in [0.1, 0.15) is 17.3 Å². The number of aliphatic carboxylic acids is 1. The molecule has 0 aliphatic carbocycles. The van der Waals surface area contributed by atoms with Gasteiger partial charge < -0.3 is 10.4 Å². The van der Waals surface area contributed by atoms with Crippen LogP contribution in [0.4, 0.5) is 0 Å². The third kappa shape index (κ3) is 2.95. The van der Waals surface area contributed by atoms with Gasteiger partial charge in [0.25, 0.3) is 5.91 Å². The number of carbonyl (C=O) groups is 2. The van der Waals surface area contributed by atoms with Gasteiger partial charge in [-0.15, -0.1) is 0 Å². The molecule has 2 heterocycles. The van der Waals surface area contributed by atoms with Gasteiger partial charge in [-0.25, -0.2) is 9.97 Å². The number of carboxylic acid groups (broad SMARTS) is 1. The normalized spacial score (nSPS) is 11.8. The number of hydrogen-bond donors (Lipinski definition) is 2. The number of imidazole rings is 1. The van der Waals surface area contributed by atoms with Crippen molar-refractivity contribution in [1.82, 2.24) is 19.9 Å². The van der Waals surface area contributed by atoms with E-state index in [1.807, 2.05) is 0 Å². The molecule has 0 bridgehead atoms. The Morgan fingerprint density at radius 2 is 2.21 bits per heavy atom. The van der Waals surface area contributed by atoms with Gasteiger partial charge in [0.2, 0.25) is 0 Å². The molecule has 2 aromatic heterocycles. The third-order valence-electron chi connectivity index (χ3n) is 2.50. The molecule has 0 saturated carbocycles. The van der Waals surface area contributed by atoms with E-state index in [0.717, 1.165) is 0 Å². The Morgan fingerprint density at radius 3 is 2.74 bits per heavy atom. The summed E-state index contributed by atoms with van der Waals surface area (Å²) in [4.78, 5) is 30.4. The predicted molar refractivity (Wildman–Crippen MR) is 65.9 cm³/mol. The van der Waals surface area contributed by atoms with Crippen molar-refractivity contribution < 1.29 is 14.7 Å². The van der Waals surface area contributed by atoms with Gasteiger partial charge in [-0.3, -0.25) is 14.2 Å². The Labute approximate surface area is 108 Å². The zero-order valence-electron chi connectivity index (χ0n) is 10.1. The van der Waals surface area contributed by atoms with Gasteiger partial charge in [-0.1, -0.05) is 0 Å². The summed E-state index contributed by atoms with van der Waals surface area (Å²) in [5.74, 6) is -0.934. The maximum absolute atomic E-state index is 11.7. The highest BCUT2D eigenvalue weighted by molar-refractivity contribution is 5.96. The van der Waals surface area contributed by atoms with Gasteiger partial charge in [-0.2, -0.15) is 0 Å². The van der Waals surface area contributed by atoms with E-state index < -0.39 is 17.9 Å². The molecule has 2 aromatic rings. The molecule has 0 spiro atoms. The summed E-state index contributed by atoms with van der Waals surface area (Å²) < 4.78 is 1.70. The number of nitrogens with one attached hydrogen (secondary N) is 1. The van der Waals surface area contributed by atoms with Crippen LogP contribution in [-0.4, -0.2) is 37.6 Å². The van der Waals surface area contributed by atoms with Crippen molar-refractivity contribution in [3.63, 3.8) is 0 Å². The zero-order valence-corrected chi connectivity index (χ0v) is 10.1. The Balaban J connectivity index is 2.10. The van der Waals surface area contributed by atoms with E-state index in [9.17, 15) is 9.59 Å². The van der Waals surface area contributed by atoms with Crippen LogP contribution in [0.25, 0.3) is 5.82 Å². The maximum atomic E-state index is 11.7. The Hall–Kier alpha value is -2.70. The first-order valence-electron chi connectivity index (χ1n) is 5.56. The highest BCUT2D eigenvalue weighted by Gasteiger charge is 2.15. The van der Waals surface area contributed by atoms with Gasteiger partial charge in [0.15, 0.2) is 0 Å². The van der Waals surface area contributed by atoms with Crippen LogP contribution >= 0.6 is 0 Å². The maximum Gasteiger partial charge on any atom is 0.325 e. The summed E-state index contributed by atoms with van der Waals surface area (Å²) in [6.45, 7) is 1.40. The van der Waals surface area contributed by atoms with Crippen LogP contribution in [-0.2, 0) is 4.79 Å². The number of nitrogens with zero attached hydrogens (tertiary/aromatic N) is 3. The summed E-state index contributed by atoms with van der Waals surface area (Å²) in [7, 11) is 0. The summed E-state index contributed by atoms with van der Waals surface area (Å²) in [6.07, 6.45) is 6.33. The van der Waals surface area contributed by atoms with Gasteiger partial charge >= 0.3 is 5.97 Å². The lowest BCUT2D eigenvalue weighted by molar-refractivity contribution is -0.138. The molecule has 7 nitrogen and oxygen atoms in total. The van der Waals surface area contributed by atoms with Crippen molar-refractivity contribution in [3.8, 4) is 5.82 Å². The molecule has 0 unspecified atom stereocenters. The molecule has 2 rings (SSSR count). The first-order valence-corrected chi connectivity index (χ1v) is 5.56. The Bertz CT molecular complexity index is 578. The SMILES string of the molecule is C[C@H](NC(=O)c1ccc(-n2ccnc2)nc1)C(=O)O. The molecule has 19 heavy (non-hydrogen) atoms. The number of hydrogen-bond acceptors (Lipinski definition) is 4. The van der Waals surface area contributed by atoms with Gasteiger partial charge in [0.05, 0.1) is 5.56 Å². The lowest BCUT2D eigenvalue weighted by Crippen LogP contribution is -2.38. The van der Waals surface area contributed by atoms with E-state index in [1.54, 1.807) is 35.4 Å². The van der Waals surface area contributed by atoms with Gasteiger partial charge in [0.1, 0.15) is 18.2 Å². The number of carbonyl (C=O) groups excluding carboxylic acids is 1. The smallest absolute Gasteiger partial charge is 0.325 e. The summed E-state index contributed by atoms with van der Waals surface area (Å²) in [5.41, 5.74) is 0.303. The first-order chi connectivity index (χ1) is 9.08. The Morgan fingerprint density at radius 1 is 1.42 bits per heavy atom. The molecule has 0 fully saturated rings. The number of amides is 1. The minimum absolute atomic E-state index is 0.303. The zero-order chi connectivity index (χ0) is 13.8. The van der Waals surface area contributed by atoms with Crippen molar-refractivity contribution in [3.05, 3.63) is 42.6 Å². The second-order valence-corrected chi connectivity index (χ2v) is 3.91. The molecule has 98 valence electrons. The first kappa shape index (κ1) is 12.7. The monoisotopic (exact) mass is 260 g/mol. The van der Waals surface area contributed by atoms with Crippen molar-refractivity contribution in [2.24, 2.45) is 0 Å². The van der Waals surface area contributed by atoms with E-state index in [4.69, 9.17) is 5.11 Å². The molecule has 0 radical (unpaired) electrons. The van der Waals surface area contributed by atoms with E-state index in [2.05, 4.69) is 15.3 Å². The van der Waals surface area contributed by atoms with Crippen LogP contribution in [0, 0.1) is 0 Å². The van der Waals surface area contributed by atoms with Crippen molar-refractivity contribution in [2.75, 3.05) is 0 Å². The largest absolute Gasteiger partial charge is 0.480 e. The highest BCUT2D eigenvalue weighted by Crippen LogP contribution is 2.05. The highest BCUT2D eigenvalue weighted by atomic mass is 16.4. The lowest BCUT2D eigenvalue weighted by atomic mass is 10.2. The standard InChI is InChI=1S/C12H12N4O3/c1-8(12(18)19)15-11(17)9-2-3-10(14-6-9)16-5-4-13-7-16/h2-8H,1H3,(H,15,17)(H,18,19)/t8-/m0/s1. The summed E-state index contributed by atoms with van der Waals surface area (Å²) in [6, 6.07) is 2.29. The minimum Gasteiger partial charge on any atom is -0.480 e. The van der Waals surface area contributed by atoms with Crippen LogP contribution < -0.4 is 5.32 Å². The Kier molecular flexibility index (Phi) is 3.56. The molecule has 1 amide bonds. The molecule has 0 saturated heterocycles. The fourth-order valence-electron chi connectivity index (χ4n) is 1.41. The minimum atomic E-state index is -1.09. The molecule has 1 atom stereocenters. The number of rotatable bonds is 4. The van der Waals surface area contributed by atoms with Crippen molar-refractivity contribution in [2.45, 2.75) is 13.0 Å². The van der Waals surface area contributed by atoms with E-state index in [-0.39, 0.29) is 0 Å². The molecule has 0 aromatic carbocycles. The van der Waals surface area contributed by atoms with Crippen LogP contribution in [0.2, 0.25) is 0 Å². The van der Waals surface area contributed by atoms with E-state index in [1.165, 1.54) is 13.1 Å². The molecule has 0 aliphatic rings. The molecular formula is C12H12N4O3. The topological polar surface area (TPSA) is 97.1 Å². The second kappa shape index (κ2) is 5.30. The lowest BCUT2D eigenvalue weighted by Gasteiger charge is -2.09. The van der Waals surface area contributed by atoms with Crippen LogP contribution in [0.5, 0.6) is 0 Å². The number of carboxylic acids is 1. The summed E-state index contributed by atoms with van der Waals surface area (Å²) >= 11 is 0. The quantitative estimate of drug-likeness (QED) is 0.832. The van der Waals surface area contributed by atoms with Crippen LogP contribution in [0.15, 0.2) is 37.1 Å². The number of pyridine rings is 1. The van der Waals surface area contributed by atoms with Crippen molar-refractivity contribution in [1.29, 1.82) is 0 Å². The van der Waals surface area contributed by atoms with Crippen molar-refractivity contribution >= 4 is 11.9 Å².